The maximum Gasteiger partial charge on any atom is -0.693 e. The average molecular weight is 599 g/mol. The summed E-state index contributed by atoms with van der Waals surface area (Å²) in [7, 11) is 9.75. The van der Waals surface area contributed by atoms with E-state index in [4.69, 9.17) is 38.7 Å². The summed E-state index contributed by atoms with van der Waals surface area (Å²) in [6.45, 7) is 10.6. The zero-order valence-corrected chi connectivity index (χ0v) is 19.5. The summed E-state index contributed by atoms with van der Waals surface area (Å²) in [6.07, 6.45) is 13.0. The van der Waals surface area contributed by atoms with Gasteiger partial charge in [-0.2, -0.15) is 11.3 Å². The summed E-state index contributed by atoms with van der Waals surface area (Å²) in [5.74, 6) is 0.762. The molecule has 0 aromatic rings. The first-order valence-corrected chi connectivity index (χ1v) is 13.8. The van der Waals surface area contributed by atoms with Crippen LogP contribution in [0.3, 0.4) is 0 Å². The summed E-state index contributed by atoms with van der Waals surface area (Å²) in [4.78, 5) is 18.3. The van der Waals surface area contributed by atoms with Gasteiger partial charge in [0, 0.05) is 6.42 Å². The maximum atomic E-state index is 8.00. The summed E-state index contributed by atoms with van der Waals surface area (Å²) in [5.41, 5.74) is 0. The largest absolute Gasteiger partial charge is 0.693 e. The topological polar surface area (TPSA) is 138 Å². The average Bonchev–Trinajstić information content (AvgIpc) is 2.55. The molecule has 0 saturated heterocycles. The number of hydrogen-bond acceptors (Lipinski definition) is 5. The minimum absolute atomic E-state index is 0. The molecule has 0 aliphatic carbocycles. The van der Waals surface area contributed by atoms with Gasteiger partial charge in [0.1, 0.15) is 5.76 Å². The van der Waals surface area contributed by atoms with Crippen LogP contribution in [-0.2, 0) is 26.3 Å². The van der Waals surface area contributed by atoms with E-state index in [1.54, 1.807) is 0 Å². The Kier molecular flexibility index (Phi) is 56.7. The fourth-order valence-electron chi connectivity index (χ4n) is 1.78. The molecule has 0 fully saturated rings. The molecule has 0 rings (SSSR count). The first-order valence-electron chi connectivity index (χ1n) is 8.18. The Labute approximate surface area is 176 Å². The molecular weight excluding hydrogens is 564 g/mol. The van der Waals surface area contributed by atoms with Crippen LogP contribution in [0.2, 0.25) is 0 Å². The van der Waals surface area contributed by atoms with Gasteiger partial charge in [0.25, 0.3) is 0 Å². The molecule has 0 radical (unpaired) electrons. The second-order valence-electron chi connectivity index (χ2n) is 5.00. The SMILES string of the molecule is C=C(CCCCCC[CH2-])OOCCCCCCC.O=N[O-].[Cl][Pt][Cl].[NH2-].[NH2-]. The van der Waals surface area contributed by atoms with Crippen molar-refractivity contribution in [1.82, 2.24) is 0 Å². The Bertz CT molecular complexity index is 258. The van der Waals surface area contributed by atoms with E-state index in [1.807, 2.05) is 0 Å². The standard InChI is InChI=1S/C16H31O2.2ClH.HNO2.2H2N.Pt/c1-4-6-8-10-12-14-16(3)18-17-15-13-11-9-7-5-2;;;2-1-3;;;/h1,3-15H2,2H3;2*1H;(H,2,3);2*1H2;/q-1;;;;2*-1;+2/p-3. The number of allylic oxidation sites excluding steroid dienone is 1. The molecule has 0 unspecified atom stereocenters. The molecular formula is C16H35Cl2N3O4Pt-4. The number of rotatable bonds is 14. The molecule has 0 bridgehead atoms. The predicted octanol–water partition coefficient (Wildman–Crippen LogP) is 8.65. The molecule has 26 heavy (non-hydrogen) atoms. The van der Waals surface area contributed by atoms with Gasteiger partial charge in [-0.05, 0) is 12.8 Å². The van der Waals surface area contributed by atoms with E-state index >= 15 is 0 Å². The summed E-state index contributed by atoms with van der Waals surface area (Å²) >= 11 is -0.472. The minimum atomic E-state index is -0.472. The first-order chi connectivity index (χ1) is 11.6. The molecule has 0 spiro atoms. The van der Waals surface area contributed by atoms with Crippen LogP contribution < -0.4 is 0 Å². The third kappa shape index (κ3) is 49.6. The van der Waals surface area contributed by atoms with Crippen LogP contribution in [-0.4, -0.2) is 6.61 Å². The van der Waals surface area contributed by atoms with Gasteiger partial charge in [-0.25, -0.2) is 0 Å². The van der Waals surface area contributed by atoms with Crippen LogP contribution in [0.25, 0.3) is 12.3 Å². The summed E-state index contributed by atoms with van der Waals surface area (Å²) < 4.78 is 0. The van der Waals surface area contributed by atoms with Crippen molar-refractivity contribution < 1.29 is 26.3 Å². The van der Waals surface area contributed by atoms with E-state index in [1.165, 1.54) is 44.9 Å². The van der Waals surface area contributed by atoms with Crippen LogP contribution >= 0.6 is 18.8 Å². The van der Waals surface area contributed by atoms with Crippen LogP contribution in [0, 0.1) is 17.0 Å². The zero-order chi connectivity index (χ0) is 18.9. The van der Waals surface area contributed by atoms with Crippen molar-refractivity contribution in [3.63, 3.8) is 0 Å². The number of nitrogens with two attached hydrogens (primary N) is 2. The summed E-state index contributed by atoms with van der Waals surface area (Å²) in [6, 6.07) is 0. The molecule has 0 aliphatic heterocycles. The normalized spacial score (nSPS) is 8.62. The zero-order valence-electron chi connectivity index (χ0n) is 15.7. The van der Waals surface area contributed by atoms with Crippen LogP contribution in [0.4, 0.5) is 0 Å². The van der Waals surface area contributed by atoms with Gasteiger partial charge in [-0.15, -0.1) is 5.34 Å². The van der Waals surface area contributed by atoms with E-state index in [2.05, 4.69) is 20.4 Å². The fourth-order valence-corrected chi connectivity index (χ4v) is 1.78. The Morgan fingerprint density at radius 1 is 1.08 bits per heavy atom. The number of hydrogen-bond donors (Lipinski definition) is 0. The number of unbranched alkanes of at least 4 members (excludes halogenated alkanes) is 8. The van der Waals surface area contributed by atoms with E-state index in [9.17, 15) is 0 Å². The Morgan fingerprint density at radius 3 is 2.04 bits per heavy atom. The van der Waals surface area contributed by atoms with Gasteiger partial charge in [0.15, 0.2) is 0 Å². The Hall–Kier alpha value is 0.0883. The van der Waals surface area contributed by atoms with E-state index in [0.717, 1.165) is 36.8 Å². The number of nitrogens with zero attached hydrogens (tertiary/aromatic N) is 1. The van der Waals surface area contributed by atoms with Gasteiger partial charge in [0.2, 0.25) is 0 Å². The third-order valence-corrected chi connectivity index (χ3v) is 2.96. The van der Waals surface area contributed by atoms with Crippen LogP contribution in [0.1, 0.15) is 77.6 Å². The second-order valence-corrected chi connectivity index (χ2v) is 8.28. The van der Waals surface area contributed by atoms with Crippen LogP contribution in [0.5, 0.6) is 0 Å². The Morgan fingerprint density at radius 2 is 1.54 bits per heavy atom. The molecule has 10 heteroatoms. The quantitative estimate of drug-likeness (QED) is 0.0492. The molecule has 0 aromatic heterocycles. The van der Waals surface area contributed by atoms with Gasteiger partial charge in [-0.1, -0.05) is 58.4 Å². The van der Waals surface area contributed by atoms with Crippen LogP contribution in [0.15, 0.2) is 17.7 Å². The molecule has 0 saturated carbocycles. The first kappa shape index (κ1) is 36.9. The third-order valence-electron chi connectivity index (χ3n) is 2.96. The van der Waals surface area contributed by atoms with Gasteiger partial charge in [-0.3, -0.25) is 0 Å². The van der Waals surface area contributed by atoms with Gasteiger partial charge < -0.3 is 34.2 Å². The van der Waals surface area contributed by atoms with Crippen molar-refractivity contribution in [2.45, 2.75) is 77.6 Å². The molecule has 0 aromatic carbocycles. The summed E-state index contributed by atoms with van der Waals surface area (Å²) in [5, 5.41) is 9.00. The van der Waals surface area contributed by atoms with Crippen molar-refractivity contribution in [2.24, 2.45) is 5.34 Å². The maximum absolute atomic E-state index is 8.00. The van der Waals surface area contributed by atoms with Crippen molar-refractivity contribution >= 4 is 18.8 Å². The molecule has 0 heterocycles. The van der Waals surface area contributed by atoms with Crippen molar-refractivity contribution in [3.05, 3.63) is 41.7 Å². The van der Waals surface area contributed by atoms with E-state index < -0.39 is 16.5 Å². The molecule has 0 atom stereocenters. The molecule has 7 nitrogen and oxygen atoms in total. The van der Waals surface area contributed by atoms with Crippen molar-refractivity contribution in [3.8, 4) is 0 Å². The molecule has 166 valence electrons. The monoisotopic (exact) mass is 598 g/mol. The van der Waals surface area contributed by atoms with Crippen molar-refractivity contribution in [1.29, 1.82) is 0 Å². The minimum Gasteiger partial charge on any atom is -0.693 e. The van der Waals surface area contributed by atoms with E-state index in [0.29, 0.717) is 6.61 Å². The number of halogens is 2. The van der Waals surface area contributed by atoms with Gasteiger partial charge >= 0.3 is 35.3 Å². The second kappa shape index (κ2) is 40.0. The smallest absolute Gasteiger partial charge is 0.693 e. The van der Waals surface area contributed by atoms with Gasteiger partial charge in [0.05, 0.1) is 6.61 Å². The molecule has 0 aliphatic rings. The van der Waals surface area contributed by atoms with Crippen molar-refractivity contribution in [2.75, 3.05) is 6.61 Å². The molecule has 0 amide bonds. The fraction of sp³-hybridized carbons (Fsp3) is 0.812. The molecule has 4 N–H and O–H groups in total. The Balaban J connectivity index is -0.000000161. The predicted molar refractivity (Wildman–Crippen MR) is 109 cm³/mol. The van der Waals surface area contributed by atoms with E-state index in [-0.39, 0.29) is 12.3 Å².